The third-order valence-electron chi connectivity index (χ3n) is 2.81. The van der Waals surface area contributed by atoms with Gasteiger partial charge >= 0.3 is 5.97 Å². The van der Waals surface area contributed by atoms with E-state index in [4.69, 9.17) is 4.74 Å². The van der Waals surface area contributed by atoms with Gasteiger partial charge < -0.3 is 4.74 Å². The highest BCUT2D eigenvalue weighted by atomic mass is 16.6. The minimum Gasteiger partial charge on any atom is -0.457 e. The standard InChI is InChI=1S/C19H20O2/c1-19(2,3)21-18(20)13-12-15-8-7-11-17(14-15)16-9-5-4-6-10-16/h4-14H,1-3H3. The zero-order valence-electron chi connectivity index (χ0n) is 12.7. The lowest BCUT2D eigenvalue weighted by atomic mass is 10.0. The van der Waals surface area contributed by atoms with Crippen molar-refractivity contribution in [2.24, 2.45) is 0 Å². The molecule has 0 fully saturated rings. The van der Waals surface area contributed by atoms with Gasteiger partial charge in [-0.1, -0.05) is 48.5 Å². The molecule has 108 valence electrons. The molecule has 0 bridgehead atoms. The lowest BCUT2D eigenvalue weighted by Gasteiger charge is -2.17. The van der Waals surface area contributed by atoms with Crippen LogP contribution >= 0.6 is 0 Å². The van der Waals surface area contributed by atoms with Gasteiger partial charge in [0.1, 0.15) is 5.60 Å². The molecule has 0 amide bonds. The van der Waals surface area contributed by atoms with Crippen molar-refractivity contribution in [3.63, 3.8) is 0 Å². The maximum atomic E-state index is 11.7. The fraction of sp³-hybridized carbons (Fsp3) is 0.211. The lowest BCUT2D eigenvalue weighted by Crippen LogP contribution is -2.22. The molecule has 0 saturated heterocycles. The molecule has 0 aliphatic rings. The first-order valence-corrected chi connectivity index (χ1v) is 7.01. The molecule has 0 N–H and O–H groups in total. The maximum absolute atomic E-state index is 11.7. The topological polar surface area (TPSA) is 26.3 Å². The average molecular weight is 280 g/mol. The van der Waals surface area contributed by atoms with Gasteiger partial charge in [0.05, 0.1) is 0 Å². The molecular formula is C19H20O2. The second-order valence-corrected chi connectivity index (χ2v) is 5.86. The number of benzene rings is 2. The average Bonchev–Trinajstić information content (AvgIpc) is 2.45. The van der Waals surface area contributed by atoms with E-state index in [1.165, 1.54) is 6.08 Å². The summed E-state index contributed by atoms with van der Waals surface area (Å²) in [5, 5.41) is 0. The summed E-state index contributed by atoms with van der Waals surface area (Å²) in [6.07, 6.45) is 3.25. The van der Waals surface area contributed by atoms with E-state index in [-0.39, 0.29) is 5.97 Å². The zero-order chi connectivity index (χ0) is 15.3. The van der Waals surface area contributed by atoms with Crippen molar-refractivity contribution in [3.05, 3.63) is 66.2 Å². The van der Waals surface area contributed by atoms with Gasteiger partial charge in [0.2, 0.25) is 0 Å². The van der Waals surface area contributed by atoms with Gasteiger partial charge in [-0.3, -0.25) is 0 Å². The summed E-state index contributed by atoms with van der Waals surface area (Å²) in [4.78, 5) is 11.7. The highest BCUT2D eigenvalue weighted by Crippen LogP contribution is 2.20. The molecule has 0 aliphatic heterocycles. The summed E-state index contributed by atoms with van der Waals surface area (Å²) in [7, 11) is 0. The van der Waals surface area contributed by atoms with Crippen molar-refractivity contribution in [1.29, 1.82) is 0 Å². The van der Waals surface area contributed by atoms with Gasteiger partial charge in [-0.05, 0) is 49.6 Å². The summed E-state index contributed by atoms with van der Waals surface area (Å²) >= 11 is 0. The van der Waals surface area contributed by atoms with Crippen LogP contribution in [0, 0.1) is 0 Å². The molecular weight excluding hydrogens is 260 g/mol. The first-order valence-electron chi connectivity index (χ1n) is 7.01. The predicted molar refractivity (Wildman–Crippen MR) is 86.8 cm³/mol. The number of esters is 1. The van der Waals surface area contributed by atoms with Crippen LogP contribution in [0.1, 0.15) is 26.3 Å². The normalized spacial score (nSPS) is 11.6. The summed E-state index contributed by atoms with van der Waals surface area (Å²) in [5.74, 6) is -0.326. The summed E-state index contributed by atoms with van der Waals surface area (Å²) < 4.78 is 5.25. The van der Waals surface area contributed by atoms with E-state index in [9.17, 15) is 4.79 Å². The maximum Gasteiger partial charge on any atom is 0.331 e. The van der Waals surface area contributed by atoms with Gasteiger partial charge in [0.25, 0.3) is 0 Å². The summed E-state index contributed by atoms with van der Waals surface area (Å²) in [5.41, 5.74) is 2.79. The van der Waals surface area contributed by atoms with Crippen LogP contribution in [0.2, 0.25) is 0 Å². The Kier molecular flexibility index (Phi) is 4.59. The quantitative estimate of drug-likeness (QED) is 0.601. The Morgan fingerprint density at radius 2 is 1.62 bits per heavy atom. The van der Waals surface area contributed by atoms with Crippen molar-refractivity contribution in [3.8, 4) is 11.1 Å². The Balaban J connectivity index is 2.13. The van der Waals surface area contributed by atoms with Crippen LogP contribution in [0.3, 0.4) is 0 Å². The van der Waals surface area contributed by atoms with E-state index in [1.54, 1.807) is 6.08 Å². The summed E-state index contributed by atoms with van der Waals surface area (Å²) in [6, 6.07) is 18.2. The summed E-state index contributed by atoms with van der Waals surface area (Å²) in [6.45, 7) is 5.57. The van der Waals surface area contributed by atoms with E-state index in [0.29, 0.717) is 0 Å². The molecule has 2 heteroatoms. The third kappa shape index (κ3) is 4.92. The smallest absolute Gasteiger partial charge is 0.331 e. The molecule has 0 saturated carbocycles. The van der Waals surface area contributed by atoms with Crippen LogP contribution in [0.25, 0.3) is 17.2 Å². The van der Waals surface area contributed by atoms with E-state index in [0.717, 1.165) is 16.7 Å². The highest BCUT2D eigenvalue weighted by Gasteiger charge is 2.13. The molecule has 0 aromatic heterocycles. The van der Waals surface area contributed by atoms with Gasteiger partial charge in [-0.2, -0.15) is 0 Å². The molecule has 2 nitrogen and oxygen atoms in total. The number of hydrogen-bond donors (Lipinski definition) is 0. The Hall–Kier alpha value is -2.35. The van der Waals surface area contributed by atoms with Crippen molar-refractivity contribution in [2.45, 2.75) is 26.4 Å². The Morgan fingerprint density at radius 3 is 2.29 bits per heavy atom. The highest BCUT2D eigenvalue weighted by molar-refractivity contribution is 5.87. The molecule has 0 spiro atoms. The van der Waals surface area contributed by atoms with E-state index in [2.05, 4.69) is 24.3 Å². The number of hydrogen-bond acceptors (Lipinski definition) is 2. The molecule has 0 heterocycles. The molecule has 2 aromatic carbocycles. The molecule has 0 radical (unpaired) electrons. The van der Waals surface area contributed by atoms with Crippen LogP contribution in [-0.2, 0) is 9.53 Å². The zero-order valence-corrected chi connectivity index (χ0v) is 12.7. The van der Waals surface area contributed by atoms with Crippen molar-refractivity contribution in [2.75, 3.05) is 0 Å². The Morgan fingerprint density at radius 1 is 0.952 bits per heavy atom. The minimum atomic E-state index is -0.465. The van der Waals surface area contributed by atoms with Gasteiger partial charge in [-0.25, -0.2) is 4.79 Å². The van der Waals surface area contributed by atoms with E-state index in [1.807, 2.05) is 51.1 Å². The van der Waals surface area contributed by atoms with Crippen LogP contribution in [0.15, 0.2) is 60.7 Å². The van der Waals surface area contributed by atoms with E-state index >= 15 is 0 Å². The van der Waals surface area contributed by atoms with Crippen LogP contribution in [-0.4, -0.2) is 11.6 Å². The van der Waals surface area contributed by atoms with Crippen LogP contribution < -0.4 is 0 Å². The fourth-order valence-electron chi connectivity index (χ4n) is 1.95. The molecule has 0 unspecified atom stereocenters. The van der Waals surface area contributed by atoms with Crippen LogP contribution in [0.4, 0.5) is 0 Å². The number of carbonyl (C=O) groups excluding carboxylic acids is 1. The molecule has 2 rings (SSSR count). The number of ether oxygens (including phenoxy) is 1. The molecule has 0 aliphatic carbocycles. The van der Waals surface area contributed by atoms with Gasteiger partial charge in [-0.15, -0.1) is 0 Å². The number of carbonyl (C=O) groups is 1. The fourth-order valence-corrected chi connectivity index (χ4v) is 1.95. The minimum absolute atomic E-state index is 0.326. The molecule has 0 atom stereocenters. The van der Waals surface area contributed by atoms with Gasteiger partial charge in [0.15, 0.2) is 0 Å². The molecule has 21 heavy (non-hydrogen) atoms. The SMILES string of the molecule is CC(C)(C)OC(=O)C=Cc1cccc(-c2ccccc2)c1. The lowest BCUT2D eigenvalue weighted by molar-refractivity contribution is -0.148. The molecule has 2 aromatic rings. The monoisotopic (exact) mass is 280 g/mol. The largest absolute Gasteiger partial charge is 0.457 e. The number of rotatable bonds is 3. The first kappa shape index (κ1) is 15.0. The Labute approximate surface area is 126 Å². The van der Waals surface area contributed by atoms with Crippen molar-refractivity contribution in [1.82, 2.24) is 0 Å². The first-order chi connectivity index (χ1) is 9.94. The van der Waals surface area contributed by atoms with Gasteiger partial charge in [0, 0.05) is 6.08 Å². The van der Waals surface area contributed by atoms with E-state index < -0.39 is 5.60 Å². The van der Waals surface area contributed by atoms with Crippen molar-refractivity contribution >= 4 is 12.0 Å². The van der Waals surface area contributed by atoms with Crippen molar-refractivity contribution < 1.29 is 9.53 Å². The van der Waals surface area contributed by atoms with Crippen LogP contribution in [0.5, 0.6) is 0 Å². The second-order valence-electron chi connectivity index (χ2n) is 5.86. The third-order valence-corrected chi connectivity index (χ3v) is 2.81. The predicted octanol–water partition coefficient (Wildman–Crippen LogP) is 4.71. The second kappa shape index (κ2) is 6.40. The Bertz CT molecular complexity index is 634.